The zero-order chi connectivity index (χ0) is 15.3. The van der Waals surface area contributed by atoms with Gasteiger partial charge in [-0.3, -0.25) is 4.90 Å². The quantitative estimate of drug-likeness (QED) is 0.845. The molecule has 0 radical (unpaired) electrons. The first-order valence-corrected chi connectivity index (χ1v) is 7.89. The normalized spacial score (nSPS) is 22.7. The molecule has 1 saturated heterocycles. The first kappa shape index (κ1) is 16.0. The van der Waals surface area contributed by atoms with Crippen molar-refractivity contribution in [2.45, 2.75) is 50.6 Å². The van der Waals surface area contributed by atoms with Gasteiger partial charge in [-0.05, 0) is 31.4 Å². The van der Waals surface area contributed by atoms with Crippen LogP contribution in [0.4, 0.5) is 0 Å². The highest BCUT2D eigenvalue weighted by Gasteiger charge is 2.39. The van der Waals surface area contributed by atoms with E-state index < -0.39 is 11.5 Å². The van der Waals surface area contributed by atoms with E-state index in [0.717, 1.165) is 32.2 Å². The van der Waals surface area contributed by atoms with Gasteiger partial charge >= 0.3 is 5.97 Å². The topological polar surface area (TPSA) is 66.6 Å². The first-order valence-electron chi connectivity index (χ1n) is 7.89. The maximum Gasteiger partial charge on any atom is 0.329 e. The molecule has 0 aromatic heterocycles. The summed E-state index contributed by atoms with van der Waals surface area (Å²) >= 11 is 0. The van der Waals surface area contributed by atoms with E-state index in [1.807, 2.05) is 30.3 Å². The molecule has 1 aromatic rings. The lowest BCUT2D eigenvalue weighted by atomic mass is 9.88. The molecule has 4 heteroatoms. The molecular formula is C17H26N2O2. The molecule has 3 N–H and O–H groups in total. The maximum atomic E-state index is 11.8. The Hall–Kier alpha value is -1.39. The minimum absolute atomic E-state index is 0.386. The van der Waals surface area contributed by atoms with Gasteiger partial charge in [0.05, 0.1) is 0 Å². The van der Waals surface area contributed by atoms with Crippen LogP contribution in [0, 0.1) is 0 Å². The lowest BCUT2D eigenvalue weighted by molar-refractivity contribution is -0.145. The largest absolute Gasteiger partial charge is 0.480 e. The predicted octanol–water partition coefficient (Wildman–Crippen LogP) is 2.58. The van der Waals surface area contributed by atoms with Crippen LogP contribution >= 0.6 is 0 Å². The molecule has 116 valence electrons. The van der Waals surface area contributed by atoms with Crippen LogP contribution in [0.15, 0.2) is 30.3 Å². The zero-order valence-electron chi connectivity index (χ0n) is 12.8. The van der Waals surface area contributed by atoms with Crippen LogP contribution in [0.3, 0.4) is 0 Å². The number of nitrogens with two attached hydrogens (primary N) is 1. The number of benzene rings is 1. The summed E-state index contributed by atoms with van der Waals surface area (Å²) in [6.45, 7) is 3.51. The van der Waals surface area contributed by atoms with Crippen molar-refractivity contribution in [2.75, 3.05) is 13.1 Å². The van der Waals surface area contributed by atoms with E-state index in [2.05, 4.69) is 11.8 Å². The highest BCUT2D eigenvalue weighted by molar-refractivity contribution is 5.80. The van der Waals surface area contributed by atoms with Gasteiger partial charge in [-0.2, -0.15) is 0 Å². The fraction of sp³-hybridized carbons (Fsp3) is 0.588. The molecule has 4 nitrogen and oxygen atoms in total. The third-order valence-electron chi connectivity index (χ3n) is 4.49. The zero-order valence-corrected chi connectivity index (χ0v) is 12.8. The molecule has 0 bridgehead atoms. The van der Waals surface area contributed by atoms with Gasteiger partial charge in [0.1, 0.15) is 0 Å². The molecule has 0 spiro atoms. The third-order valence-corrected chi connectivity index (χ3v) is 4.49. The summed E-state index contributed by atoms with van der Waals surface area (Å²) < 4.78 is 0. The van der Waals surface area contributed by atoms with E-state index in [9.17, 15) is 9.90 Å². The van der Waals surface area contributed by atoms with Crippen molar-refractivity contribution >= 4 is 5.97 Å². The maximum absolute atomic E-state index is 11.8. The lowest BCUT2D eigenvalue weighted by Gasteiger charge is -2.40. The monoisotopic (exact) mass is 290 g/mol. The Morgan fingerprint density at radius 3 is 2.71 bits per heavy atom. The van der Waals surface area contributed by atoms with Gasteiger partial charge in [0.2, 0.25) is 0 Å². The van der Waals surface area contributed by atoms with Gasteiger partial charge in [0.25, 0.3) is 0 Å². The van der Waals surface area contributed by atoms with Gasteiger partial charge in [0.15, 0.2) is 5.54 Å². The Morgan fingerprint density at radius 2 is 2.10 bits per heavy atom. The van der Waals surface area contributed by atoms with Crippen molar-refractivity contribution in [3.63, 3.8) is 0 Å². The third kappa shape index (κ3) is 3.63. The van der Waals surface area contributed by atoms with E-state index in [0.29, 0.717) is 18.2 Å². The van der Waals surface area contributed by atoms with Crippen molar-refractivity contribution in [1.29, 1.82) is 0 Å². The van der Waals surface area contributed by atoms with Crippen LogP contribution in [-0.4, -0.2) is 35.1 Å². The second kappa shape index (κ2) is 7.05. The molecule has 0 amide bonds. The fourth-order valence-electron chi connectivity index (χ4n) is 3.27. The molecule has 1 aromatic carbocycles. The van der Waals surface area contributed by atoms with Gasteiger partial charge in [-0.25, -0.2) is 4.79 Å². The van der Waals surface area contributed by atoms with Crippen molar-refractivity contribution in [1.82, 2.24) is 4.90 Å². The molecular weight excluding hydrogens is 264 g/mol. The smallest absolute Gasteiger partial charge is 0.329 e. The number of hydrogen-bond donors (Lipinski definition) is 2. The summed E-state index contributed by atoms with van der Waals surface area (Å²) in [6.07, 6.45) is 5.75. The average molecular weight is 290 g/mol. The van der Waals surface area contributed by atoms with Crippen molar-refractivity contribution in [3.05, 3.63) is 35.9 Å². The molecule has 0 saturated carbocycles. The summed E-state index contributed by atoms with van der Waals surface area (Å²) in [4.78, 5) is 14.1. The van der Waals surface area contributed by atoms with E-state index in [1.165, 1.54) is 6.42 Å². The number of likely N-dealkylation sites (tertiary alicyclic amines) is 1. The molecule has 1 aliphatic rings. The van der Waals surface area contributed by atoms with Crippen LogP contribution in [0.1, 0.15) is 44.6 Å². The molecule has 1 fully saturated rings. The van der Waals surface area contributed by atoms with Crippen LogP contribution < -0.4 is 5.73 Å². The fourth-order valence-corrected chi connectivity index (χ4v) is 3.27. The summed E-state index contributed by atoms with van der Waals surface area (Å²) in [7, 11) is 0. The molecule has 2 unspecified atom stereocenters. The molecule has 2 rings (SSSR count). The Bertz CT molecular complexity index is 461. The molecule has 2 atom stereocenters. The minimum Gasteiger partial charge on any atom is -0.480 e. The Kier molecular flexibility index (Phi) is 5.37. The molecule has 1 aliphatic heterocycles. The van der Waals surface area contributed by atoms with E-state index in [1.54, 1.807) is 0 Å². The summed E-state index contributed by atoms with van der Waals surface area (Å²) in [5.41, 5.74) is 5.66. The van der Waals surface area contributed by atoms with E-state index in [4.69, 9.17) is 5.73 Å². The minimum atomic E-state index is -1.33. The summed E-state index contributed by atoms with van der Waals surface area (Å²) in [5.74, 6) is -0.950. The second-order valence-corrected chi connectivity index (χ2v) is 6.05. The number of nitrogens with zero attached hydrogens (tertiary/aromatic N) is 1. The number of aliphatic carboxylic acids is 1. The number of carboxylic acids is 1. The van der Waals surface area contributed by atoms with Crippen molar-refractivity contribution in [3.8, 4) is 0 Å². The molecule has 1 heterocycles. The molecule has 21 heavy (non-hydrogen) atoms. The molecule has 0 aliphatic carbocycles. The number of piperidine rings is 1. The Balaban J connectivity index is 2.21. The van der Waals surface area contributed by atoms with Crippen molar-refractivity contribution < 1.29 is 9.90 Å². The Morgan fingerprint density at radius 1 is 1.38 bits per heavy atom. The second-order valence-electron chi connectivity index (χ2n) is 6.05. The van der Waals surface area contributed by atoms with E-state index >= 15 is 0 Å². The predicted molar refractivity (Wildman–Crippen MR) is 84.1 cm³/mol. The standard InChI is InChI=1S/C17H26N2O2/c1-2-8-15-11-6-7-12-19(15)13-17(18,16(20)21)14-9-4-3-5-10-14/h3-5,9-10,15H,2,6-8,11-13,18H2,1H3,(H,20,21). The van der Waals surface area contributed by atoms with Gasteiger partial charge in [-0.1, -0.05) is 50.1 Å². The average Bonchev–Trinajstić information content (AvgIpc) is 2.50. The highest BCUT2D eigenvalue weighted by Crippen LogP contribution is 2.26. The van der Waals surface area contributed by atoms with E-state index in [-0.39, 0.29) is 0 Å². The number of hydrogen-bond acceptors (Lipinski definition) is 3. The van der Waals surface area contributed by atoms with Gasteiger partial charge in [-0.15, -0.1) is 0 Å². The van der Waals surface area contributed by atoms with Crippen LogP contribution in [0.25, 0.3) is 0 Å². The lowest BCUT2D eigenvalue weighted by Crippen LogP contribution is -2.56. The first-order chi connectivity index (χ1) is 10.1. The van der Waals surface area contributed by atoms with Crippen molar-refractivity contribution in [2.24, 2.45) is 5.73 Å². The number of carbonyl (C=O) groups is 1. The van der Waals surface area contributed by atoms with Crippen LogP contribution in [0.5, 0.6) is 0 Å². The number of rotatable bonds is 6. The summed E-state index contributed by atoms with van der Waals surface area (Å²) in [5, 5.41) is 9.68. The highest BCUT2D eigenvalue weighted by atomic mass is 16.4. The van der Waals surface area contributed by atoms with Gasteiger partial charge in [0, 0.05) is 12.6 Å². The number of carboxylic acid groups (broad SMARTS) is 1. The summed E-state index contributed by atoms with van der Waals surface area (Å²) in [6, 6.07) is 9.67. The van der Waals surface area contributed by atoms with Crippen LogP contribution in [0.2, 0.25) is 0 Å². The Labute approximate surface area is 126 Å². The SMILES string of the molecule is CCCC1CCCCN1CC(N)(C(=O)O)c1ccccc1. The van der Waals surface area contributed by atoms with Gasteiger partial charge < -0.3 is 10.8 Å². The van der Waals surface area contributed by atoms with Crippen LogP contribution in [-0.2, 0) is 10.3 Å².